The van der Waals surface area contributed by atoms with Gasteiger partial charge in [-0.25, -0.2) is 9.78 Å². The van der Waals surface area contributed by atoms with Crippen LogP contribution in [0.2, 0.25) is 0 Å². The molecule has 0 bridgehead atoms. The molecule has 0 aliphatic carbocycles. The normalized spacial score (nSPS) is 11.1. The highest BCUT2D eigenvalue weighted by Crippen LogP contribution is 2.08. The van der Waals surface area contributed by atoms with Gasteiger partial charge in [-0.05, 0) is 20.8 Å². The first-order valence-corrected chi connectivity index (χ1v) is 4.10. The molecular formula is C8H12N4O2. The third kappa shape index (κ3) is 2.96. The smallest absolute Gasteiger partial charge is 0.356 e. The number of nitrogens with one attached hydrogen (secondary N) is 1. The maximum absolute atomic E-state index is 10.6. The zero-order chi connectivity index (χ0) is 10.8. The summed E-state index contributed by atoms with van der Waals surface area (Å²) in [6.07, 6.45) is 1.11. The topological polar surface area (TPSA) is 88.0 Å². The van der Waals surface area contributed by atoms with E-state index in [0.717, 1.165) is 6.20 Å². The van der Waals surface area contributed by atoms with Crippen molar-refractivity contribution in [3.05, 3.63) is 11.9 Å². The summed E-state index contributed by atoms with van der Waals surface area (Å²) >= 11 is 0. The lowest BCUT2D eigenvalue weighted by Gasteiger charge is -2.19. The number of hydrogen-bond donors (Lipinski definition) is 2. The van der Waals surface area contributed by atoms with E-state index in [4.69, 9.17) is 5.11 Å². The second-order valence-corrected chi connectivity index (χ2v) is 3.85. The second kappa shape index (κ2) is 3.57. The van der Waals surface area contributed by atoms with Crippen LogP contribution >= 0.6 is 0 Å². The Balaban J connectivity index is 2.89. The molecule has 14 heavy (non-hydrogen) atoms. The molecule has 0 unspecified atom stereocenters. The molecule has 0 aromatic carbocycles. The molecule has 0 amide bonds. The van der Waals surface area contributed by atoms with Gasteiger partial charge in [0.15, 0.2) is 5.69 Å². The first-order chi connectivity index (χ1) is 6.38. The summed E-state index contributed by atoms with van der Waals surface area (Å²) in [6.45, 7) is 5.76. The van der Waals surface area contributed by atoms with E-state index in [1.165, 1.54) is 0 Å². The van der Waals surface area contributed by atoms with Crippen LogP contribution in [0, 0.1) is 0 Å². The van der Waals surface area contributed by atoms with Gasteiger partial charge in [-0.3, -0.25) is 0 Å². The molecule has 1 heterocycles. The molecule has 0 atom stereocenters. The van der Waals surface area contributed by atoms with Gasteiger partial charge in [-0.1, -0.05) is 0 Å². The molecule has 76 valence electrons. The van der Waals surface area contributed by atoms with E-state index in [0.29, 0.717) is 0 Å². The molecule has 0 saturated heterocycles. The van der Waals surface area contributed by atoms with Gasteiger partial charge in [0.25, 0.3) is 0 Å². The van der Waals surface area contributed by atoms with Crippen molar-refractivity contribution >= 4 is 11.9 Å². The van der Waals surface area contributed by atoms with E-state index >= 15 is 0 Å². The third-order valence-electron chi connectivity index (χ3n) is 1.26. The minimum Gasteiger partial charge on any atom is -0.476 e. The van der Waals surface area contributed by atoms with Crippen LogP contribution in [0.5, 0.6) is 0 Å². The Hall–Kier alpha value is -1.72. The van der Waals surface area contributed by atoms with Crippen LogP contribution in [0.3, 0.4) is 0 Å². The molecule has 2 N–H and O–H groups in total. The van der Waals surface area contributed by atoms with Crippen LogP contribution in [0.15, 0.2) is 6.20 Å². The fourth-order valence-corrected chi connectivity index (χ4v) is 0.795. The van der Waals surface area contributed by atoms with Gasteiger partial charge < -0.3 is 10.4 Å². The van der Waals surface area contributed by atoms with Crippen molar-refractivity contribution in [1.29, 1.82) is 0 Å². The second-order valence-electron chi connectivity index (χ2n) is 3.85. The minimum absolute atomic E-state index is 0.119. The quantitative estimate of drug-likeness (QED) is 0.726. The Labute approximate surface area is 81.4 Å². The lowest BCUT2D eigenvalue weighted by molar-refractivity contribution is 0.0689. The lowest BCUT2D eigenvalue weighted by atomic mass is 10.1. The summed E-state index contributed by atoms with van der Waals surface area (Å²) in [5.74, 6) is -0.894. The number of anilines is 1. The summed E-state index contributed by atoms with van der Waals surface area (Å²) in [7, 11) is 0. The number of aromatic nitrogens is 3. The van der Waals surface area contributed by atoms with Crippen molar-refractivity contribution in [2.45, 2.75) is 26.3 Å². The molecule has 1 aromatic heterocycles. The maximum Gasteiger partial charge on any atom is 0.356 e. The summed E-state index contributed by atoms with van der Waals surface area (Å²) in [5.41, 5.74) is -0.342. The number of rotatable bonds is 2. The van der Waals surface area contributed by atoms with Gasteiger partial charge >= 0.3 is 5.97 Å². The predicted octanol–water partition coefficient (Wildman–Crippen LogP) is 0.780. The zero-order valence-corrected chi connectivity index (χ0v) is 8.27. The zero-order valence-electron chi connectivity index (χ0n) is 8.27. The van der Waals surface area contributed by atoms with Gasteiger partial charge in [0, 0.05) is 5.54 Å². The van der Waals surface area contributed by atoms with E-state index in [9.17, 15) is 4.79 Å². The number of aromatic carboxylic acids is 1. The number of carboxylic acids is 1. The predicted molar refractivity (Wildman–Crippen MR) is 50.2 cm³/mol. The van der Waals surface area contributed by atoms with E-state index < -0.39 is 5.97 Å². The van der Waals surface area contributed by atoms with Crippen LogP contribution in [-0.2, 0) is 0 Å². The average Bonchev–Trinajstić information content (AvgIpc) is 2.01. The fourth-order valence-electron chi connectivity index (χ4n) is 0.795. The average molecular weight is 196 g/mol. The molecule has 0 saturated carbocycles. The number of carboxylic acid groups (broad SMARTS) is 1. The molecule has 1 aromatic rings. The maximum atomic E-state index is 10.6. The molecule has 1 rings (SSSR count). The van der Waals surface area contributed by atoms with Gasteiger partial charge in [-0.2, -0.15) is 5.10 Å². The van der Waals surface area contributed by atoms with Crippen molar-refractivity contribution < 1.29 is 9.90 Å². The number of nitrogens with zero attached hydrogens (tertiary/aromatic N) is 3. The highest BCUT2D eigenvalue weighted by Gasteiger charge is 2.13. The molecule has 6 heteroatoms. The van der Waals surface area contributed by atoms with Crippen LogP contribution in [0.1, 0.15) is 31.3 Å². The van der Waals surface area contributed by atoms with Gasteiger partial charge in [0.1, 0.15) is 0 Å². The van der Waals surface area contributed by atoms with Crippen molar-refractivity contribution in [2.24, 2.45) is 0 Å². The SMILES string of the molecule is CC(C)(C)Nc1nncc(C(=O)O)n1. The Morgan fingerprint density at radius 1 is 1.50 bits per heavy atom. The first kappa shape index (κ1) is 10.4. The van der Waals surface area contributed by atoms with Gasteiger partial charge in [0.2, 0.25) is 5.95 Å². The standard InChI is InChI=1S/C8H12N4O2/c1-8(2,3)11-7-10-5(6(13)14)4-9-12-7/h4H,1-3H3,(H,13,14)(H,10,11,12). The van der Waals surface area contributed by atoms with Crippen LogP contribution in [-0.4, -0.2) is 31.8 Å². The molecule has 0 aliphatic heterocycles. The number of carbonyl (C=O) groups is 1. The Kier molecular flexibility index (Phi) is 2.64. The number of hydrogen-bond acceptors (Lipinski definition) is 5. The Bertz CT molecular complexity index is 345. The van der Waals surface area contributed by atoms with E-state index in [1.54, 1.807) is 0 Å². The summed E-state index contributed by atoms with van der Waals surface area (Å²) in [6, 6.07) is 0. The van der Waals surface area contributed by atoms with Gasteiger partial charge in [-0.15, -0.1) is 5.10 Å². The van der Waals surface area contributed by atoms with Gasteiger partial charge in [0.05, 0.1) is 6.20 Å². The van der Waals surface area contributed by atoms with E-state index in [1.807, 2.05) is 20.8 Å². The Morgan fingerprint density at radius 2 is 2.14 bits per heavy atom. The molecule has 0 spiro atoms. The largest absolute Gasteiger partial charge is 0.476 e. The summed E-state index contributed by atoms with van der Waals surface area (Å²) in [4.78, 5) is 14.3. The van der Waals surface area contributed by atoms with Crippen LogP contribution in [0.25, 0.3) is 0 Å². The van der Waals surface area contributed by atoms with Crippen LogP contribution < -0.4 is 5.32 Å². The molecule has 0 fully saturated rings. The van der Waals surface area contributed by atoms with E-state index in [2.05, 4.69) is 20.5 Å². The Morgan fingerprint density at radius 3 is 2.64 bits per heavy atom. The van der Waals surface area contributed by atoms with Crippen molar-refractivity contribution in [3.63, 3.8) is 0 Å². The highest BCUT2D eigenvalue weighted by atomic mass is 16.4. The fraction of sp³-hybridized carbons (Fsp3) is 0.500. The minimum atomic E-state index is -1.11. The lowest BCUT2D eigenvalue weighted by Crippen LogP contribution is -2.28. The summed E-state index contributed by atoms with van der Waals surface area (Å²) < 4.78 is 0. The van der Waals surface area contributed by atoms with Crippen molar-refractivity contribution in [3.8, 4) is 0 Å². The van der Waals surface area contributed by atoms with Crippen molar-refractivity contribution in [1.82, 2.24) is 15.2 Å². The molecule has 0 radical (unpaired) electrons. The third-order valence-corrected chi connectivity index (χ3v) is 1.26. The highest BCUT2D eigenvalue weighted by molar-refractivity contribution is 5.85. The van der Waals surface area contributed by atoms with E-state index in [-0.39, 0.29) is 17.2 Å². The molecular weight excluding hydrogens is 184 g/mol. The summed E-state index contributed by atoms with van der Waals surface area (Å²) in [5, 5.41) is 18.8. The van der Waals surface area contributed by atoms with Crippen molar-refractivity contribution in [2.75, 3.05) is 5.32 Å². The molecule has 6 nitrogen and oxygen atoms in total. The monoisotopic (exact) mass is 196 g/mol. The first-order valence-electron chi connectivity index (χ1n) is 4.10. The van der Waals surface area contributed by atoms with Crippen LogP contribution in [0.4, 0.5) is 5.95 Å². The molecule has 0 aliphatic rings.